The molecular formula is C17H26ClN3O5S. The molecule has 1 atom stereocenters. The lowest BCUT2D eigenvalue weighted by Gasteiger charge is -2.28. The third kappa shape index (κ3) is 5.58. The van der Waals surface area contributed by atoms with Gasteiger partial charge in [-0.1, -0.05) is 6.08 Å². The number of rotatable bonds is 8. The first kappa shape index (κ1) is 23.2. The van der Waals surface area contributed by atoms with Crippen LogP contribution in [0.15, 0.2) is 29.7 Å². The molecule has 27 heavy (non-hydrogen) atoms. The average molecular weight is 420 g/mol. The van der Waals surface area contributed by atoms with Crippen molar-refractivity contribution in [2.24, 2.45) is 5.14 Å². The van der Waals surface area contributed by atoms with Crippen LogP contribution in [0.1, 0.15) is 29.6 Å². The van der Waals surface area contributed by atoms with E-state index < -0.39 is 15.9 Å². The van der Waals surface area contributed by atoms with E-state index in [0.717, 1.165) is 25.9 Å². The number of likely N-dealkylation sites (tertiary alicyclic amines) is 1. The fraction of sp³-hybridized carbons (Fsp3) is 0.471. The Kier molecular flexibility index (Phi) is 8.55. The van der Waals surface area contributed by atoms with E-state index in [2.05, 4.69) is 16.8 Å². The first-order valence-electron chi connectivity index (χ1n) is 8.26. The Labute approximate surface area is 166 Å². The van der Waals surface area contributed by atoms with Gasteiger partial charge in [0, 0.05) is 19.2 Å². The maximum Gasteiger partial charge on any atom is 0.256 e. The van der Waals surface area contributed by atoms with Crippen molar-refractivity contribution in [3.63, 3.8) is 0 Å². The summed E-state index contributed by atoms with van der Waals surface area (Å²) in [4.78, 5) is 14.8. The molecule has 0 aromatic heterocycles. The fourth-order valence-corrected chi connectivity index (χ4v) is 3.56. The van der Waals surface area contributed by atoms with E-state index >= 15 is 0 Å². The second kappa shape index (κ2) is 9.93. The average Bonchev–Trinajstić information content (AvgIpc) is 3.13. The molecule has 0 saturated carbocycles. The van der Waals surface area contributed by atoms with Crippen LogP contribution in [0.5, 0.6) is 11.5 Å². The van der Waals surface area contributed by atoms with Gasteiger partial charge >= 0.3 is 0 Å². The number of methoxy groups -OCH3 is 2. The Hall–Kier alpha value is -1.81. The number of ether oxygens (including phenoxy) is 2. The van der Waals surface area contributed by atoms with Gasteiger partial charge in [-0.15, -0.1) is 19.0 Å². The van der Waals surface area contributed by atoms with Crippen LogP contribution in [-0.4, -0.2) is 52.7 Å². The van der Waals surface area contributed by atoms with Gasteiger partial charge in [-0.2, -0.15) is 0 Å². The Morgan fingerprint density at radius 1 is 1.33 bits per heavy atom. The number of nitrogens with two attached hydrogens (primary N) is 1. The SMILES string of the molecule is C=CCC(NC(=O)c1cc(S(N)(=O)=O)cc(OC)c1OC)N1CCCC1.Cl. The van der Waals surface area contributed by atoms with Crippen molar-refractivity contribution in [1.29, 1.82) is 0 Å². The summed E-state index contributed by atoms with van der Waals surface area (Å²) in [6.45, 7) is 5.51. The summed E-state index contributed by atoms with van der Waals surface area (Å²) in [5.41, 5.74) is 0.0455. The predicted octanol–water partition coefficient (Wildman–Crippen LogP) is 1.50. The maximum atomic E-state index is 12.9. The summed E-state index contributed by atoms with van der Waals surface area (Å²) in [5.74, 6) is -0.203. The first-order valence-corrected chi connectivity index (χ1v) is 9.81. The van der Waals surface area contributed by atoms with Gasteiger partial charge in [0.15, 0.2) is 11.5 Å². The van der Waals surface area contributed by atoms with Gasteiger partial charge < -0.3 is 14.8 Å². The Bertz CT molecular complexity index is 779. The second-order valence-electron chi connectivity index (χ2n) is 6.01. The largest absolute Gasteiger partial charge is 0.493 e. The number of nitrogens with one attached hydrogen (secondary N) is 1. The fourth-order valence-electron chi connectivity index (χ4n) is 3.01. The van der Waals surface area contributed by atoms with Crippen LogP contribution in [0.2, 0.25) is 0 Å². The number of primary sulfonamides is 1. The van der Waals surface area contributed by atoms with Crippen LogP contribution in [0.3, 0.4) is 0 Å². The molecule has 3 N–H and O–H groups in total. The topological polar surface area (TPSA) is 111 Å². The number of nitrogens with zero attached hydrogens (tertiary/aromatic N) is 1. The predicted molar refractivity (Wildman–Crippen MR) is 105 cm³/mol. The highest BCUT2D eigenvalue weighted by Crippen LogP contribution is 2.34. The molecule has 8 nitrogen and oxygen atoms in total. The number of amides is 1. The number of hydrogen-bond donors (Lipinski definition) is 2. The lowest BCUT2D eigenvalue weighted by molar-refractivity contribution is 0.0870. The number of carbonyl (C=O) groups excluding carboxylic acids is 1. The molecule has 0 bridgehead atoms. The molecular weight excluding hydrogens is 394 g/mol. The van der Waals surface area contributed by atoms with Crippen LogP contribution in [0.25, 0.3) is 0 Å². The minimum absolute atomic E-state index is 0. The maximum absolute atomic E-state index is 12.9. The van der Waals surface area contributed by atoms with Crippen molar-refractivity contribution in [2.45, 2.75) is 30.3 Å². The molecule has 1 saturated heterocycles. The molecule has 1 aromatic carbocycles. The highest BCUT2D eigenvalue weighted by molar-refractivity contribution is 7.89. The highest BCUT2D eigenvalue weighted by Gasteiger charge is 2.26. The van der Waals surface area contributed by atoms with Gasteiger partial charge in [0.05, 0.1) is 30.8 Å². The summed E-state index contributed by atoms with van der Waals surface area (Å²) >= 11 is 0. The van der Waals surface area contributed by atoms with E-state index in [4.69, 9.17) is 14.6 Å². The molecule has 1 fully saturated rings. The van der Waals surface area contributed by atoms with Gasteiger partial charge in [0.25, 0.3) is 5.91 Å². The smallest absolute Gasteiger partial charge is 0.256 e. The molecule has 1 aliphatic rings. The molecule has 1 amide bonds. The van der Waals surface area contributed by atoms with Gasteiger partial charge in [0.1, 0.15) is 0 Å². The summed E-state index contributed by atoms with van der Waals surface area (Å²) < 4.78 is 33.9. The van der Waals surface area contributed by atoms with E-state index in [1.54, 1.807) is 6.08 Å². The van der Waals surface area contributed by atoms with Crippen molar-refractivity contribution in [1.82, 2.24) is 10.2 Å². The molecule has 1 heterocycles. The Balaban J connectivity index is 0.00000364. The summed E-state index contributed by atoms with van der Waals surface area (Å²) in [6.07, 6.45) is 4.22. The molecule has 1 aromatic rings. The standard InChI is InChI=1S/C17H25N3O5S.ClH/c1-4-7-15(20-8-5-6-9-20)19-17(21)13-10-12(26(18,22)23)11-14(24-2)16(13)25-3;/h4,10-11,15H,1,5-9H2,2-3H3,(H,19,21)(H2,18,22,23);1H. The third-order valence-corrected chi connectivity index (χ3v) is 5.19. The number of benzene rings is 1. The minimum atomic E-state index is -4.01. The zero-order valence-corrected chi connectivity index (χ0v) is 17.1. The van der Waals surface area contributed by atoms with Crippen molar-refractivity contribution >= 4 is 28.3 Å². The minimum Gasteiger partial charge on any atom is -0.493 e. The van der Waals surface area contributed by atoms with E-state index in [1.807, 2.05) is 0 Å². The normalized spacial score (nSPS) is 15.5. The third-order valence-electron chi connectivity index (χ3n) is 4.29. The van der Waals surface area contributed by atoms with Gasteiger partial charge in [0.2, 0.25) is 10.0 Å². The van der Waals surface area contributed by atoms with Crippen LogP contribution < -0.4 is 19.9 Å². The molecule has 1 unspecified atom stereocenters. The van der Waals surface area contributed by atoms with Crippen LogP contribution >= 0.6 is 12.4 Å². The van der Waals surface area contributed by atoms with Gasteiger partial charge in [-0.25, -0.2) is 13.6 Å². The monoisotopic (exact) mass is 419 g/mol. The first-order chi connectivity index (χ1) is 12.3. The summed E-state index contributed by atoms with van der Waals surface area (Å²) in [5, 5.41) is 8.14. The summed E-state index contributed by atoms with van der Waals surface area (Å²) in [6, 6.07) is 2.42. The van der Waals surface area contributed by atoms with Gasteiger partial charge in [-0.3, -0.25) is 9.69 Å². The van der Waals surface area contributed by atoms with Crippen molar-refractivity contribution in [3.8, 4) is 11.5 Å². The molecule has 0 aliphatic carbocycles. The van der Waals surface area contributed by atoms with E-state index in [1.165, 1.54) is 26.4 Å². The van der Waals surface area contributed by atoms with Crippen molar-refractivity contribution in [2.75, 3.05) is 27.3 Å². The quantitative estimate of drug-likeness (QED) is 0.618. The van der Waals surface area contributed by atoms with Gasteiger partial charge in [-0.05, 0) is 25.3 Å². The number of carbonyl (C=O) groups is 1. The lowest BCUT2D eigenvalue weighted by atomic mass is 10.1. The van der Waals surface area contributed by atoms with E-state index in [0.29, 0.717) is 6.42 Å². The Morgan fingerprint density at radius 3 is 2.44 bits per heavy atom. The van der Waals surface area contributed by atoms with Crippen LogP contribution in [0.4, 0.5) is 0 Å². The number of sulfonamides is 1. The molecule has 1 aliphatic heterocycles. The van der Waals surface area contributed by atoms with Crippen LogP contribution in [0, 0.1) is 0 Å². The zero-order valence-electron chi connectivity index (χ0n) is 15.4. The zero-order chi connectivity index (χ0) is 19.3. The van der Waals surface area contributed by atoms with Crippen LogP contribution in [-0.2, 0) is 10.0 Å². The molecule has 10 heteroatoms. The number of halogens is 1. The van der Waals surface area contributed by atoms with Crippen molar-refractivity contribution in [3.05, 3.63) is 30.4 Å². The van der Waals surface area contributed by atoms with E-state index in [-0.39, 0.29) is 40.5 Å². The summed E-state index contributed by atoms with van der Waals surface area (Å²) in [7, 11) is -1.27. The molecule has 0 radical (unpaired) electrons. The molecule has 0 spiro atoms. The highest BCUT2D eigenvalue weighted by atomic mass is 35.5. The molecule has 2 rings (SSSR count). The number of hydrogen-bond acceptors (Lipinski definition) is 6. The molecule has 152 valence electrons. The Morgan fingerprint density at radius 2 is 1.96 bits per heavy atom. The second-order valence-corrected chi connectivity index (χ2v) is 7.57. The van der Waals surface area contributed by atoms with E-state index in [9.17, 15) is 13.2 Å². The van der Waals surface area contributed by atoms with Crippen molar-refractivity contribution < 1.29 is 22.7 Å². The lowest BCUT2D eigenvalue weighted by Crippen LogP contribution is -2.46.